The maximum Gasteiger partial charge on any atom is 0.223 e. The Hall–Kier alpha value is -1.42. The van der Waals surface area contributed by atoms with Gasteiger partial charge in [-0.1, -0.05) is 32.9 Å². The largest absolute Gasteiger partial charge is 0.355 e. The Bertz CT molecular complexity index is 483. The van der Waals surface area contributed by atoms with Gasteiger partial charge in [0, 0.05) is 17.9 Å². The lowest BCUT2D eigenvalue weighted by Crippen LogP contribution is -2.50. The molecule has 0 bridgehead atoms. The molecule has 1 aromatic rings. The predicted octanol–water partition coefficient (Wildman–Crippen LogP) is 2.08. The fourth-order valence-electron chi connectivity index (χ4n) is 2.36. The summed E-state index contributed by atoms with van der Waals surface area (Å²) in [7, 11) is 0. The van der Waals surface area contributed by atoms with Gasteiger partial charge in [0.15, 0.2) is 0 Å². The van der Waals surface area contributed by atoms with E-state index >= 15 is 0 Å². The van der Waals surface area contributed by atoms with Crippen LogP contribution in [0.2, 0.25) is 0 Å². The molecule has 0 saturated carbocycles. The highest BCUT2D eigenvalue weighted by Gasteiger charge is 2.30. The van der Waals surface area contributed by atoms with Gasteiger partial charge in [-0.25, -0.2) is 4.39 Å². The van der Waals surface area contributed by atoms with Gasteiger partial charge in [0.2, 0.25) is 5.91 Å². The molecule has 1 fully saturated rings. The van der Waals surface area contributed by atoms with Crippen molar-refractivity contribution in [1.82, 2.24) is 10.6 Å². The van der Waals surface area contributed by atoms with E-state index in [1.54, 1.807) is 6.07 Å². The Morgan fingerprint density at radius 1 is 1.50 bits per heavy atom. The normalized spacial score (nSPS) is 17.4. The molecule has 2 N–H and O–H groups in total. The molecule has 0 aromatic heterocycles. The maximum atomic E-state index is 13.3. The quantitative estimate of drug-likeness (QED) is 0.866. The first-order chi connectivity index (χ1) is 9.40. The minimum Gasteiger partial charge on any atom is -0.355 e. The lowest BCUT2D eigenvalue weighted by molar-refractivity contribution is -0.126. The van der Waals surface area contributed by atoms with Gasteiger partial charge in [0.1, 0.15) is 5.82 Å². The highest BCUT2D eigenvalue weighted by molar-refractivity contribution is 5.78. The molecule has 0 aliphatic carbocycles. The minimum absolute atomic E-state index is 0.0274. The molecule has 1 heterocycles. The number of carbonyl (C=O) groups excluding carboxylic acids is 1. The number of hydrogen-bond donors (Lipinski definition) is 2. The van der Waals surface area contributed by atoms with Gasteiger partial charge < -0.3 is 10.6 Å². The van der Waals surface area contributed by atoms with Crippen LogP contribution in [-0.4, -0.2) is 25.5 Å². The van der Waals surface area contributed by atoms with Crippen molar-refractivity contribution >= 4 is 5.91 Å². The molecule has 20 heavy (non-hydrogen) atoms. The van der Waals surface area contributed by atoms with Crippen LogP contribution >= 0.6 is 0 Å². The highest BCUT2D eigenvalue weighted by atomic mass is 19.1. The van der Waals surface area contributed by atoms with Crippen LogP contribution in [0, 0.1) is 17.7 Å². The second-order valence-corrected chi connectivity index (χ2v) is 6.32. The second-order valence-electron chi connectivity index (χ2n) is 6.32. The van der Waals surface area contributed by atoms with Crippen LogP contribution in [0.1, 0.15) is 26.3 Å². The van der Waals surface area contributed by atoms with E-state index in [0.717, 1.165) is 18.7 Å². The molecule has 3 nitrogen and oxygen atoms in total. The molecule has 1 aliphatic heterocycles. The third-order valence-corrected chi connectivity index (χ3v) is 4.24. The molecular formula is C16H23FN2O. The summed E-state index contributed by atoms with van der Waals surface area (Å²) >= 11 is 0. The van der Waals surface area contributed by atoms with E-state index in [-0.39, 0.29) is 23.1 Å². The summed E-state index contributed by atoms with van der Waals surface area (Å²) in [5.41, 5.74) is 0.616. The Balaban J connectivity index is 1.93. The Labute approximate surface area is 120 Å². The number of benzene rings is 1. The molecule has 1 unspecified atom stereocenters. The average Bonchev–Trinajstić information content (AvgIpc) is 2.34. The molecular weight excluding hydrogens is 255 g/mol. The summed E-state index contributed by atoms with van der Waals surface area (Å²) in [6, 6.07) is 6.57. The molecule has 1 atom stereocenters. The van der Waals surface area contributed by atoms with Crippen LogP contribution in [0.3, 0.4) is 0 Å². The first kappa shape index (κ1) is 15.0. The minimum atomic E-state index is -0.282. The summed E-state index contributed by atoms with van der Waals surface area (Å²) in [5, 5.41) is 6.18. The summed E-state index contributed by atoms with van der Waals surface area (Å²) < 4.78 is 13.3. The third kappa shape index (κ3) is 3.37. The second kappa shape index (κ2) is 5.92. The van der Waals surface area contributed by atoms with Crippen LogP contribution < -0.4 is 10.6 Å². The smallest absolute Gasteiger partial charge is 0.223 e. The zero-order valence-corrected chi connectivity index (χ0v) is 12.4. The number of hydrogen-bond acceptors (Lipinski definition) is 2. The molecule has 110 valence electrons. The molecule has 0 spiro atoms. The van der Waals surface area contributed by atoms with E-state index in [0.29, 0.717) is 12.5 Å². The molecule has 0 radical (unpaired) electrons. The molecule has 1 aromatic carbocycles. The van der Waals surface area contributed by atoms with Gasteiger partial charge in [-0.2, -0.15) is 0 Å². The van der Waals surface area contributed by atoms with Gasteiger partial charge >= 0.3 is 0 Å². The number of halogens is 1. The van der Waals surface area contributed by atoms with Crippen molar-refractivity contribution in [1.29, 1.82) is 0 Å². The lowest BCUT2D eigenvalue weighted by Gasteiger charge is -2.33. The monoisotopic (exact) mass is 278 g/mol. The van der Waals surface area contributed by atoms with Gasteiger partial charge in [-0.15, -0.1) is 0 Å². The van der Waals surface area contributed by atoms with Crippen molar-refractivity contribution in [2.45, 2.75) is 26.2 Å². The molecule has 4 heteroatoms. The number of carbonyl (C=O) groups is 1. The molecule has 1 saturated heterocycles. The van der Waals surface area contributed by atoms with Gasteiger partial charge in [0.05, 0.1) is 0 Å². The summed E-state index contributed by atoms with van der Waals surface area (Å²) in [6.07, 6.45) is 0. The Morgan fingerprint density at radius 2 is 2.20 bits per heavy atom. The molecule has 1 amide bonds. The standard InChI is InChI=1S/C16H23FN2O/c1-11(12-8-18-9-12)15(20)19-10-16(2,3)13-5-4-6-14(17)7-13/h4-7,11-12,18H,8-10H2,1-3H3,(H,19,20). The van der Waals surface area contributed by atoms with E-state index in [9.17, 15) is 9.18 Å². The summed E-state index contributed by atoms with van der Waals surface area (Å²) in [4.78, 5) is 12.1. The first-order valence-corrected chi connectivity index (χ1v) is 7.14. The summed E-state index contributed by atoms with van der Waals surface area (Å²) in [5.74, 6) is 0.309. The SMILES string of the molecule is CC(C(=O)NCC(C)(C)c1cccc(F)c1)C1CNC1. The van der Waals surface area contributed by atoms with Crippen molar-refractivity contribution in [2.24, 2.45) is 11.8 Å². The Morgan fingerprint density at radius 3 is 2.75 bits per heavy atom. The van der Waals surface area contributed by atoms with Crippen LogP contribution in [0.4, 0.5) is 4.39 Å². The number of rotatable bonds is 5. The zero-order valence-electron chi connectivity index (χ0n) is 12.4. The van der Waals surface area contributed by atoms with Crippen LogP contribution in [0.5, 0.6) is 0 Å². The van der Waals surface area contributed by atoms with Crippen molar-refractivity contribution < 1.29 is 9.18 Å². The van der Waals surface area contributed by atoms with E-state index < -0.39 is 0 Å². The van der Waals surface area contributed by atoms with E-state index in [1.807, 2.05) is 26.8 Å². The molecule has 2 rings (SSSR count). The van der Waals surface area contributed by atoms with Gasteiger partial charge in [0.25, 0.3) is 0 Å². The Kier molecular flexibility index (Phi) is 4.43. The van der Waals surface area contributed by atoms with Crippen molar-refractivity contribution in [3.63, 3.8) is 0 Å². The van der Waals surface area contributed by atoms with Gasteiger partial charge in [-0.05, 0) is 36.7 Å². The summed E-state index contributed by atoms with van der Waals surface area (Å²) in [6.45, 7) is 8.34. The van der Waals surface area contributed by atoms with Gasteiger partial charge in [-0.3, -0.25) is 4.79 Å². The topological polar surface area (TPSA) is 41.1 Å². The van der Waals surface area contributed by atoms with Crippen molar-refractivity contribution in [3.05, 3.63) is 35.6 Å². The first-order valence-electron chi connectivity index (χ1n) is 7.14. The third-order valence-electron chi connectivity index (χ3n) is 4.24. The van der Waals surface area contributed by atoms with Crippen molar-refractivity contribution in [3.8, 4) is 0 Å². The number of nitrogens with one attached hydrogen (secondary N) is 2. The molecule has 1 aliphatic rings. The fraction of sp³-hybridized carbons (Fsp3) is 0.562. The predicted molar refractivity (Wildman–Crippen MR) is 78.0 cm³/mol. The zero-order chi connectivity index (χ0) is 14.8. The van der Waals surface area contributed by atoms with E-state index in [4.69, 9.17) is 0 Å². The number of amides is 1. The lowest BCUT2D eigenvalue weighted by atomic mass is 9.83. The average molecular weight is 278 g/mol. The van der Waals surface area contributed by atoms with Crippen molar-refractivity contribution in [2.75, 3.05) is 19.6 Å². The van der Waals surface area contributed by atoms with E-state index in [1.165, 1.54) is 12.1 Å². The van der Waals surface area contributed by atoms with Crippen LogP contribution in [0.15, 0.2) is 24.3 Å². The highest BCUT2D eigenvalue weighted by Crippen LogP contribution is 2.23. The maximum absolute atomic E-state index is 13.3. The van der Waals surface area contributed by atoms with Crippen LogP contribution in [0.25, 0.3) is 0 Å². The fourth-order valence-corrected chi connectivity index (χ4v) is 2.36. The van der Waals surface area contributed by atoms with E-state index in [2.05, 4.69) is 10.6 Å². The van der Waals surface area contributed by atoms with Crippen LogP contribution in [-0.2, 0) is 10.2 Å².